The fourth-order valence-corrected chi connectivity index (χ4v) is 3.23. The summed E-state index contributed by atoms with van der Waals surface area (Å²) in [5.74, 6) is 0. The second-order valence-corrected chi connectivity index (χ2v) is 7.73. The molecule has 0 fully saturated rings. The van der Waals surface area contributed by atoms with E-state index >= 15 is 0 Å². The van der Waals surface area contributed by atoms with Crippen LogP contribution in [-0.2, 0) is 0 Å². The molecule has 0 bridgehead atoms. The number of aliphatic hydroxyl groups is 2. The van der Waals surface area contributed by atoms with Crippen LogP contribution in [0, 0.1) is 0 Å². The van der Waals surface area contributed by atoms with Crippen LogP contribution in [0.5, 0.6) is 0 Å². The molecule has 0 aromatic carbocycles. The van der Waals surface area contributed by atoms with Crippen molar-refractivity contribution >= 4 is 12.4 Å². The van der Waals surface area contributed by atoms with Crippen molar-refractivity contribution in [3.63, 3.8) is 0 Å². The molecule has 0 spiro atoms. The molecule has 0 saturated heterocycles. The van der Waals surface area contributed by atoms with Gasteiger partial charge in [0.2, 0.25) is 0 Å². The van der Waals surface area contributed by atoms with Crippen LogP contribution in [0.1, 0.15) is 116 Å². The van der Waals surface area contributed by atoms with Crippen LogP contribution in [0.15, 0.2) is 0 Å². The molecule has 4 heteroatoms. The third-order valence-electron chi connectivity index (χ3n) is 5.16. The summed E-state index contributed by atoms with van der Waals surface area (Å²) in [6, 6.07) is 0. The van der Waals surface area contributed by atoms with Gasteiger partial charge < -0.3 is 15.9 Å². The molecule has 0 aliphatic carbocycles. The first kappa shape index (κ1) is 27.4. The summed E-state index contributed by atoms with van der Waals surface area (Å²) in [5.41, 5.74) is 5.09. The Labute approximate surface area is 163 Å². The highest BCUT2D eigenvalue weighted by molar-refractivity contribution is 5.85. The quantitative estimate of drug-likeness (QED) is 0.250. The first-order valence-electron chi connectivity index (χ1n) is 10.7. The Hall–Kier alpha value is 0.170. The Morgan fingerprint density at radius 1 is 0.560 bits per heavy atom. The lowest BCUT2D eigenvalue weighted by Crippen LogP contribution is -2.47. The van der Waals surface area contributed by atoms with Gasteiger partial charge in [-0.15, -0.1) is 12.4 Å². The topological polar surface area (TPSA) is 66.5 Å². The number of nitrogens with two attached hydrogens (primary N) is 1. The van der Waals surface area contributed by atoms with E-state index in [2.05, 4.69) is 6.92 Å². The summed E-state index contributed by atoms with van der Waals surface area (Å²) in [5, 5.41) is 18.3. The molecule has 4 N–H and O–H groups in total. The Morgan fingerprint density at radius 3 is 1.12 bits per heavy atom. The first-order chi connectivity index (χ1) is 11.7. The van der Waals surface area contributed by atoms with Gasteiger partial charge in [-0.3, -0.25) is 0 Å². The van der Waals surface area contributed by atoms with Crippen molar-refractivity contribution in [2.45, 2.75) is 122 Å². The standard InChI is InChI=1S/C21H45NO2.ClH/c1-2-3-4-5-6-7-8-9-10-11-12-13-14-15-16-17-18-21(22,19-23)20-24;/h23-24H,2-20,22H2,1H3;1H. The SMILES string of the molecule is CCCCCCCCCCCCCCCCCCC(N)(CO)CO.Cl. The molecule has 0 unspecified atom stereocenters. The van der Waals surface area contributed by atoms with E-state index in [0.717, 1.165) is 19.3 Å². The lowest BCUT2D eigenvalue weighted by Gasteiger charge is -2.24. The maximum Gasteiger partial charge on any atom is 0.0633 e. The second-order valence-electron chi connectivity index (χ2n) is 7.73. The van der Waals surface area contributed by atoms with Crippen molar-refractivity contribution in [1.82, 2.24) is 0 Å². The molecule has 0 heterocycles. The highest BCUT2D eigenvalue weighted by atomic mass is 35.5. The van der Waals surface area contributed by atoms with Gasteiger partial charge in [-0.25, -0.2) is 0 Å². The molecule has 3 nitrogen and oxygen atoms in total. The first-order valence-corrected chi connectivity index (χ1v) is 10.7. The van der Waals surface area contributed by atoms with Gasteiger partial charge in [-0.05, 0) is 6.42 Å². The number of rotatable bonds is 19. The highest BCUT2D eigenvalue weighted by Gasteiger charge is 2.21. The largest absolute Gasteiger partial charge is 0.394 e. The van der Waals surface area contributed by atoms with Gasteiger partial charge in [-0.2, -0.15) is 0 Å². The van der Waals surface area contributed by atoms with E-state index < -0.39 is 5.54 Å². The van der Waals surface area contributed by atoms with Crippen LogP contribution < -0.4 is 5.73 Å². The predicted octanol–water partition coefficient (Wildman–Crippen LogP) is 5.74. The maximum absolute atomic E-state index is 9.13. The maximum atomic E-state index is 9.13. The minimum Gasteiger partial charge on any atom is -0.394 e. The van der Waals surface area contributed by atoms with Crippen LogP contribution in [-0.4, -0.2) is 29.0 Å². The normalized spacial score (nSPS) is 11.5. The summed E-state index contributed by atoms with van der Waals surface area (Å²) in [4.78, 5) is 0. The lowest BCUT2D eigenvalue weighted by atomic mass is 9.94. The van der Waals surface area contributed by atoms with Crippen LogP contribution in [0.2, 0.25) is 0 Å². The van der Waals surface area contributed by atoms with Gasteiger partial charge in [0.15, 0.2) is 0 Å². The van der Waals surface area contributed by atoms with E-state index in [-0.39, 0.29) is 25.6 Å². The Balaban J connectivity index is 0. The van der Waals surface area contributed by atoms with Gasteiger partial charge in [-0.1, -0.05) is 110 Å². The molecule has 0 rings (SSSR count). The van der Waals surface area contributed by atoms with Crippen molar-refractivity contribution in [3.8, 4) is 0 Å². The zero-order chi connectivity index (χ0) is 17.9. The third kappa shape index (κ3) is 18.8. The molecule has 154 valence electrons. The average Bonchev–Trinajstić information content (AvgIpc) is 2.61. The van der Waals surface area contributed by atoms with Crippen molar-refractivity contribution < 1.29 is 10.2 Å². The van der Waals surface area contributed by atoms with Gasteiger partial charge in [0.05, 0.1) is 18.8 Å². The third-order valence-corrected chi connectivity index (χ3v) is 5.16. The molecule has 0 aliphatic heterocycles. The number of hydrogen-bond acceptors (Lipinski definition) is 3. The zero-order valence-corrected chi connectivity index (χ0v) is 17.6. The van der Waals surface area contributed by atoms with Crippen LogP contribution >= 0.6 is 12.4 Å². The molecule has 0 aromatic heterocycles. The summed E-state index contributed by atoms with van der Waals surface area (Å²) >= 11 is 0. The van der Waals surface area contributed by atoms with Crippen molar-refractivity contribution in [2.24, 2.45) is 5.73 Å². The number of halogens is 1. The summed E-state index contributed by atoms with van der Waals surface area (Å²) < 4.78 is 0. The Kier molecular flexibility index (Phi) is 22.4. The number of aliphatic hydroxyl groups excluding tert-OH is 2. The van der Waals surface area contributed by atoms with Gasteiger partial charge in [0.25, 0.3) is 0 Å². The zero-order valence-electron chi connectivity index (χ0n) is 16.8. The Morgan fingerprint density at radius 2 is 0.840 bits per heavy atom. The molecular weight excluding hydrogens is 334 g/mol. The van der Waals surface area contributed by atoms with Gasteiger partial charge in [0.1, 0.15) is 0 Å². The molecule has 0 aliphatic rings. The average molecular weight is 380 g/mol. The lowest BCUT2D eigenvalue weighted by molar-refractivity contribution is 0.112. The molecular formula is C21H46ClNO2. The fourth-order valence-electron chi connectivity index (χ4n) is 3.23. The minimum absolute atomic E-state index is 0. The van der Waals surface area contributed by atoms with E-state index in [9.17, 15) is 0 Å². The Bertz CT molecular complexity index is 248. The summed E-state index contributed by atoms with van der Waals surface area (Å²) in [6.07, 6.45) is 22.4. The highest BCUT2D eigenvalue weighted by Crippen LogP contribution is 2.15. The molecule has 0 amide bonds. The summed E-state index contributed by atoms with van der Waals surface area (Å²) in [7, 11) is 0. The molecule has 0 radical (unpaired) electrons. The van der Waals surface area contributed by atoms with Gasteiger partial charge >= 0.3 is 0 Å². The van der Waals surface area contributed by atoms with Crippen molar-refractivity contribution in [1.29, 1.82) is 0 Å². The monoisotopic (exact) mass is 379 g/mol. The molecule has 0 aromatic rings. The minimum atomic E-state index is -0.768. The van der Waals surface area contributed by atoms with Crippen LogP contribution in [0.4, 0.5) is 0 Å². The molecule has 25 heavy (non-hydrogen) atoms. The number of hydrogen-bond donors (Lipinski definition) is 3. The van der Waals surface area contributed by atoms with E-state index in [4.69, 9.17) is 15.9 Å². The predicted molar refractivity (Wildman–Crippen MR) is 113 cm³/mol. The van der Waals surface area contributed by atoms with Crippen molar-refractivity contribution in [2.75, 3.05) is 13.2 Å². The van der Waals surface area contributed by atoms with E-state index in [1.54, 1.807) is 0 Å². The van der Waals surface area contributed by atoms with Crippen molar-refractivity contribution in [3.05, 3.63) is 0 Å². The second kappa shape index (κ2) is 20.5. The van der Waals surface area contributed by atoms with Crippen LogP contribution in [0.3, 0.4) is 0 Å². The van der Waals surface area contributed by atoms with Gasteiger partial charge in [0, 0.05) is 0 Å². The van der Waals surface area contributed by atoms with E-state index in [0.29, 0.717) is 0 Å². The summed E-state index contributed by atoms with van der Waals surface area (Å²) in [6.45, 7) is 2.03. The van der Waals surface area contributed by atoms with E-state index in [1.165, 1.54) is 89.9 Å². The molecule has 0 saturated carbocycles. The number of unbranched alkanes of at least 4 members (excludes halogenated alkanes) is 15. The fraction of sp³-hybridized carbons (Fsp3) is 1.00. The smallest absolute Gasteiger partial charge is 0.0633 e. The molecule has 0 atom stereocenters. The van der Waals surface area contributed by atoms with Crippen LogP contribution in [0.25, 0.3) is 0 Å². The van der Waals surface area contributed by atoms with E-state index in [1.807, 2.05) is 0 Å².